The van der Waals surface area contributed by atoms with Crippen molar-refractivity contribution in [1.82, 2.24) is 20.4 Å². The van der Waals surface area contributed by atoms with Gasteiger partial charge < -0.3 is 24.8 Å². The number of rotatable bonds is 12. The molecule has 218 valence electrons. The first-order valence-electron chi connectivity index (χ1n) is 14.1. The van der Waals surface area contributed by atoms with Crippen LogP contribution < -0.4 is 15.4 Å². The molecule has 10 nitrogen and oxygen atoms in total. The lowest BCUT2D eigenvalue weighted by molar-refractivity contribution is 0.0868. The molecule has 1 aliphatic rings. The first-order chi connectivity index (χ1) is 19.8. The molecule has 2 aromatic carbocycles. The molecule has 0 saturated carbocycles. The van der Waals surface area contributed by atoms with Gasteiger partial charge in [0, 0.05) is 48.8 Å². The highest BCUT2D eigenvalue weighted by atomic mass is 32.2. The molecule has 11 heteroatoms. The predicted molar refractivity (Wildman–Crippen MR) is 158 cm³/mol. The molecule has 2 aromatic heterocycles. The van der Waals surface area contributed by atoms with Crippen molar-refractivity contribution in [3.05, 3.63) is 82.9 Å². The van der Waals surface area contributed by atoms with Crippen LogP contribution in [0, 0.1) is 5.92 Å². The Bertz CT molecular complexity index is 1610. The molecule has 1 amide bonds. The van der Waals surface area contributed by atoms with Crippen LogP contribution in [0.2, 0.25) is 0 Å². The summed E-state index contributed by atoms with van der Waals surface area (Å²) >= 11 is 0. The molecule has 3 heterocycles. The van der Waals surface area contributed by atoms with Gasteiger partial charge in [-0.1, -0.05) is 42.4 Å². The van der Waals surface area contributed by atoms with Crippen molar-refractivity contribution >= 4 is 32.5 Å². The first-order valence-corrected chi connectivity index (χ1v) is 15.7. The van der Waals surface area contributed by atoms with E-state index in [-0.39, 0.29) is 24.1 Å². The van der Waals surface area contributed by atoms with Gasteiger partial charge in [0.05, 0.1) is 35.3 Å². The third-order valence-corrected chi connectivity index (χ3v) is 8.87. The number of aliphatic hydroxyl groups is 1. The van der Waals surface area contributed by atoms with Crippen molar-refractivity contribution in [3.8, 4) is 0 Å². The molecule has 5 rings (SSSR count). The summed E-state index contributed by atoms with van der Waals surface area (Å²) < 4.78 is 35.0. The van der Waals surface area contributed by atoms with Crippen molar-refractivity contribution in [1.29, 1.82) is 0 Å². The Morgan fingerprint density at radius 2 is 1.98 bits per heavy atom. The second-order valence-electron chi connectivity index (χ2n) is 10.5. The number of nitrogens with one attached hydrogen (secondary N) is 3. The minimum absolute atomic E-state index is 0.00464. The highest BCUT2D eigenvalue weighted by Crippen LogP contribution is 2.34. The maximum absolute atomic E-state index is 13.4. The first kappa shape index (κ1) is 28.8. The van der Waals surface area contributed by atoms with Gasteiger partial charge in [-0.2, -0.15) is 0 Å². The number of carbonyl (C=O) groups excluding carboxylic acids is 1. The molecule has 0 unspecified atom stereocenters. The smallest absolute Gasteiger partial charge is 0.251 e. The van der Waals surface area contributed by atoms with Crippen LogP contribution in [0.15, 0.2) is 59.3 Å². The van der Waals surface area contributed by atoms with Gasteiger partial charge in [0.2, 0.25) is 10.0 Å². The van der Waals surface area contributed by atoms with E-state index in [0.717, 1.165) is 34.1 Å². The van der Waals surface area contributed by atoms with E-state index in [9.17, 15) is 18.3 Å². The fourth-order valence-electron chi connectivity index (χ4n) is 5.34. The van der Waals surface area contributed by atoms with Gasteiger partial charge in [0.25, 0.3) is 5.91 Å². The third kappa shape index (κ3) is 6.80. The monoisotopic (exact) mass is 579 g/mol. The lowest BCUT2D eigenvalue weighted by atomic mass is 9.93. The standard InChI is InChI=1S/C30H37N5O5S/c1-3-24-15-25(40-33-24)17-31-18-28(36)23(12-20-8-6-5-7-9-20)16-32-30(37)22-13-26-29-21(10-11-41(38,39)34-26)19-35(4-2)27(29)14-22/h5-9,13-15,19,23,28,31,34,36H,3-4,10-12,16-18H2,1-2H3,(H,32,37)/t23-,28-/m0/s1. The van der Waals surface area contributed by atoms with Gasteiger partial charge in [-0.05, 0) is 49.4 Å². The van der Waals surface area contributed by atoms with Crippen LogP contribution in [0.1, 0.15) is 46.8 Å². The van der Waals surface area contributed by atoms with Crippen LogP contribution in [0.5, 0.6) is 0 Å². The molecule has 2 atom stereocenters. The van der Waals surface area contributed by atoms with Gasteiger partial charge in [-0.25, -0.2) is 8.42 Å². The number of hydrogen-bond acceptors (Lipinski definition) is 7. The zero-order chi connectivity index (χ0) is 29.0. The average Bonchev–Trinajstić information content (AvgIpc) is 3.55. The summed E-state index contributed by atoms with van der Waals surface area (Å²) in [6, 6.07) is 15.2. The van der Waals surface area contributed by atoms with E-state index in [1.807, 2.05) is 67.1 Å². The maximum atomic E-state index is 13.4. The zero-order valence-electron chi connectivity index (χ0n) is 23.4. The Morgan fingerprint density at radius 1 is 1.17 bits per heavy atom. The molecule has 4 aromatic rings. The quantitative estimate of drug-likeness (QED) is 0.202. The molecule has 41 heavy (non-hydrogen) atoms. The van der Waals surface area contributed by atoms with Crippen molar-refractivity contribution in [2.75, 3.05) is 23.6 Å². The summed E-state index contributed by atoms with van der Waals surface area (Å²) in [6.07, 6.45) is 3.00. The summed E-state index contributed by atoms with van der Waals surface area (Å²) in [5.41, 5.74) is 4.49. The van der Waals surface area contributed by atoms with E-state index in [1.165, 1.54) is 0 Å². The lowest BCUT2D eigenvalue weighted by Crippen LogP contribution is -2.40. The number of amides is 1. The SMILES string of the molecule is CCc1cc(CNC[C@H](O)[C@H](CNC(=O)c2cc3c4c(cn(CC)c4c2)CCS(=O)(=O)N3)Cc2ccccc2)on1. The van der Waals surface area contributed by atoms with E-state index in [1.54, 1.807) is 6.07 Å². The second kappa shape index (κ2) is 12.5. The molecule has 0 bridgehead atoms. The number of hydrogen-bond donors (Lipinski definition) is 4. The third-order valence-electron chi connectivity index (χ3n) is 7.60. The normalized spacial score (nSPS) is 15.7. The van der Waals surface area contributed by atoms with Crippen molar-refractivity contribution in [2.24, 2.45) is 5.92 Å². The summed E-state index contributed by atoms with van der Waals surface area (Å²) in [5.74, 6) is 0.0939. The fraction of sp³-hybridized carbons (Fsp3) is 0.400. The summed E-state index contributed by atoms with van der Waals surface area (Å²) in [7, 11) is -3.51. The summed E-state index contributed by atoms with van der Waals surface area (Å²) in [6.45, 7) is 5.69. The maximum Gasteiger partial charge on any atom is 0.251 e. The minimum Gasteiger partial charge on any atom is -0.391 e. The summed E-state index contributed by atoms with van der Waals surface area (Å²) in [5, 5.41) is 22.2. The largest absolute Gasteiger partial charge is 0.391 e. The molecule has 1 aliphatic heterocycles. The van der Waals surface area contributed by atoms with Gasteiger partial charge in [-0.3, -0.25) is 9.52 Å². The van der Waals surface area contributed by atoms with Gasteiger partial charge in [-0.15, -0.1) is 0 Å². The number of benzene rings is 2. The number of aryl methyl sites for hydroxylation is 3. The van der Waals surface area contributed by atoms with E-state index in [2.05, 4.69) is 20.5 Å². The molecule has 0 aliphatic carbocycles. The number of sulfonamides is 1. The highest BCUT2D eigenvalue weighted by Gasteiger charge is 2.25. The zero-order valence-corrected chi connectivity index (χ0v) is 24.2. The van der Waals surface area contributed by atoms with E-state index in [4.69, 9.17) is 4.52 Å². The van der Waals surface area contributed by atoms with Crippen LogP contribution in [0.4, 0.5) is 5.69 Å². The van der Waals surface area contributed by atoms with Crippen LogP contribution in [-0.2, 0) is 42.4 Å². The molecular formula is C30H37N5O5S. The number of aliphatic hydroxyl groups excluding tert-OH is 1. The lowest BCUT2D eigenvalue weighted by Gasteiger charge is -2.24. The predicted octanol–water partition coefficient (Wildman–Crippen LogP) is 3.25. The number of aromatic nitrogens is 2. The Labute approximate surface area is 240 Å². The number of anilines is 1. The second-order valence-corrected chi connectivity index (χ2v) is 12.4. The molecule has 0 saturated heterocycles. The Balaban J connectivity index is 1.31. The van der Waals surface area contributed by atoms with Crippen LogP contribution in [0.25, 0.3) is 10.9 Å². The Kier molecular flexibility index (Phi) is 8.77. The van der Waals surface area contributed by atoms with Gasteiger partial charge in [0.15, 0.2) is 5.76 Å². The van der Waals surface area contributed by atoms with E-state index in [0.29, 0.717) is 49.5 Å². The van der Waals surface area contributed by atoms with Crippen molar-refractivity contribution in [2.45, 2.75) is 52.3 Å². The Hall–Kier alpha value is -3.67. The van der Waals surface area contributed by atoms with E-state index < -0.39 is 16.1 Å². The minimum atomic E-state index is -3.51. The number of nitrogens with zero attached hydrogens (tertiary/aromatic N) is 2. The van der Waals surface area contributed by atoms with Gasteiger partial charge >= 0.3 is 0 Å². The Morgan fingerprint density at radius 3 is 2.71 bits per heavy atom. The molecule has 0 spiro atoms. The van der Waals surface area contributed by atoms with Crippen molar-refractivity contribution < 1.29 is 22.8 Å². The number of carbonyl (C=O) groups is 1. The van der Waals surface area contributed by atoms with Gasteiger partial charge in [0.1, 0.15) is 0 Å². The van der Waals surface area contributed by atoms with Crippen molar-refractivity contribution in [3.63, 3.8) is 0 Å². The van der Waals surface area contributed by atoms with Crippen LogP contribution in [0.3, 0.4) is 0 Å². The van der Waals surface area contributed by atoms with Crippen LogP contribution in [-0.4, -0.2) is 54.1 Å². The summed E-state index contributed by atoms with van der Waals surface area (Å²) in [4.78, 5) is 13.4. The average molecular weight is 580 g/mol. The topological polar surface area (TPSA) is 138 Å². The fourth-order valence-corrected chi connectivity index (χ4v) is 6.43. The molecular weight excluding hydrogens is 542 g/mol. The van der Waals surface area contributed by atoms with Crippen LogP contribution >= 0.6 is 0 Å². The molecule has 4 N–H and O–H groups in total. The van der Waals surface area contributed by atoms with E-state index >= 15 is 0 Å². The molecule has 0 radical (unpaired) electrons. The molecule has 0 fully saturated rings. The highest BCUT2D eigenvalue weighted by molar-refractivity contribution is 7.92.